The molecule has 6 fully saturated rings. The molecule has 4 aliphatic carbocycles. The molecule has 4 saturated carbocycles. The van der Waals surface area contributed by atoms with Crippen molar-refractivity contribution in [1.82, 2.24) is 20.4 Å². The zero-order valence-corrected chi connectivity index (χ0v) is 18.7. The van der Waals surface area contributed by atoms with Crippen LogP contribution in [0.15, 0.2) is 0 Å². The van der Waals surface area contributed by atoms with Crippen molar-refractivity contribution in [2.75, 3.05) is 26.2 Å². The third-order valence-corrected chi connectivity index (χ3v) is 8.83. The predicted molar refractivity (Wildman–Crippen MR) is 116 cm³/mol. The highest BCUT2D eigenvalue weighted by atomic mass is 16.4. The molecule has 0 aromatic rings. The van der Waals surface area contributed by atoms with Crippen molar-refractivity contribution in [2.24, 2.45) is 23.2 Å². The summed E-state index contributed by atoms with van der Waals surface area (Å²) in [6, 6.07) is -0.122. The number of hydrogen-bond donors (Lipinski definition) is 4. The van der Waals surface area contributed by atoms with E-state index in [2.05, 4.69) is 10.6 Å². The Bertz CT molecular complexity index is 751. The van der Waals surface area contributed by atoms with Gasteiger partial charge in [0.15, 0.2) is 0 Å². The number of nitrogens with zero attached hydrogens (tertiary/aromatic N) is 2. The van der Waals surface area contributed by atoms with Crippen LogP contribution in [0, 0.1) is 23.2 Å². The fourth-order valence-corrected chi connectivity index (χ4v) is 7.47. The average molecular weight is 449 g/mol. The average Bonchev–Trinajstić information content (AvgIpc) is 2.76. The number of hydrogen-bond acceptors (Lipinski definition) is 4. The molecule has 0 spiro atoms. The molecule has 6 rings (SSSR count). The molecule has 2 heterocycles. The second kappa shape index (κ2) is 8.39. The van der Waals surface area contributed by atoms with Crippen LogP contribution >= 0.6 is 0 Å². The smallest absolute Gasteiger partial charge is 0.404 e. The van der Waals surface area contributed by atoms with Gasteiger partial charge in [-0.15, -0.1) is 0 Å². The minimum Gasteiger partial charge on any atom is -0.465 e. The van der Waals surface area contributed by atoms with E-state index in [0.29, 0.717) is 44.9 Å². The lowest BCUT2D eigenvalue weighted by molar-refractivity contribution is -0.163. The number of aliphatic hydroxyl groups excluding tert-OH is 1. The summed E-state index contributed by atoms with van der Waals surface area (Å²) in [4.78, 5) is 40.9. The van der Waals surface area contributed by atoms with Crippen molar-refractivity contribution in [1.29, 1.82) is 0 Å². The largest absolute Gasteiger partial charge is 0.465 e. The molecule has 9 nitrogen and oxygen atoms in total. The van der Waals surface area contributed by atoms with Crippen molar-refractivity contribution in [3.8, 4) is 0 Å². The molecular weight excluding hydrogens is 412 g/mol. The lowest BCUT2D eigenvalue weighted by atomic mass is 9.48. The second-order valence-electron chi connectivity index (χ2n) is 11.0. The molecule has 0 aromatic heterocycles. The van der Waals surface area contributed by atoms with Gasteiger partial charge in [0.1, 0.15) is 0 Å². The van der Waals surface area contributed by atoms with Gasteiger partial charge in [-0.2, -0.15) is 0 Å². The maximum atomic E-state index is 13.4. The van der Waals surface area contributed by atoms with Crippen LogP contribution < -0.4 is 10.6 Å². The first-order valence-corrected chi connectivity index (χ1v) is 12.4. The first kappa shape index (κ1) is 21.8. The van der Waals surface area contributed by atoms with E-state index in [1.165, 1.54) is 0 Å². The van der Waals surface area contributed by atoms with Crippen LogP contribution in [0.2, 0.25) is 0 Å². The van der Waals surface area contributed by atoms with Gasteiger partial charge in [-0.3, -0.25) is 4.79 Å². The molecule has 0 radical (unpaired) electrons. The molecule has 178 valence electrons. The quantitative estimate of drug-likeness (QED) is 0.522. The topological polar surface area (TPSA) is 122 Å². The van der Waals surface area contributed by atoms with Gasteiger partial charge >= 0.3 is 12.1 Å². The van der Waals surface area contributed by atoms with E-state index < -0.39 is 6.09 Å². The number of carbonyl (C=O) groups excluding carboxylic acids is 2. The van der Waals surface area contributed by atoms with E-state index in [1.807, 2.05) is 9.80 Å². The fraction of sp³-hybridized carbons (Fsp3) is 0.870. The van der Waals surface area contributed by atoms with Gasteiger partial charge in [0.05, 0.1) is 11.5 Å². The van der Waals surface area contributed by atoms with E-state index in [9.17, 15) is 19.5 Å². The number of urea groups is 1. The van der Waals surface area contributed by atoms with Crippen molar-refractivity contribution in [3.63, 3.8) is 0 Å². The number of aliphatic hydroxyl groups is 1. The van der Waals surface area contributed by atoms with E-state index >= 15 is 0 Å². The number of carboxylic acid groups (broad SMARTS) is 1. The SMILES string of the molecule is O=C(O)NC1CCN(C(=O)N2CCC[C@H](NC(=O)C34CC5CC(C3)C(O)C(C5)C4)C2)CC1. The summed E-state index contributed by atoms with van der Waals surface area (Å²) in [6.07, 6.45) is 6.46. The van der Waals surface area contributed by atoms with Crippen LogP contribution in [0.1, 0.15) is 57.8 Å². The van der Waals surface area contributed by atoms with Gasteiger partial charge in [0.25, 0.3) is 0 Å². The molecule has 2 saturated heterocycles. The molecule has 3 atom stereocenters. The summed E-state index contributed by atoms with van der Waals surface area (Å²) in [5, 5.41) is 25.2. The molecule has 2 aliphatic heterocycles. The van der Waals surface area contributed by atoms with Crippen LogP contribution in [-0.2, 0) is 4.79 Å². The van der Waals surface area contributed by atoms with E-state index in [1.54, 1.807) is 0 Å². The minimum absolute atomic E-state index is 0.00403. The Morgan fingerprint density at radius 1 is 0.844 bits per heavy atom. The van der Waals surface area contributed by atoms with Crippen LogP contribution in [0.3, 0.4) is 0 Å². The monoisotopic (exact) mass is 448 g/mol. The number of carbonyl (C=O) groups is 3. The van der Waals surface area contributed by atoms with Gasteiger partial charge < -0.3 is 30.6 Å². The van der Waals surface area contributed by atoms with Crippen molar-refractivity contribution < 1.29 is 24.6 Å². The van der Waals surface area contributed by atoms with Crippen LogP contribution in [0.4, 0.5) is 9.59 Å². The van der Waals surface area contributed by atoms with Crippen LogP contribution in [0.25, 0.3) is 0 Å². The maximum Gasteiger partial charge on any atom is 0.404 e. The third kappa shape index (κ3) is 4.04. The standard InChI is InChI=1S/C23H36N4O5/c28-19-15-8-14-9-16(19)12-23(10-14,11-15)20(29)24-18-2-1-5-27(13-18)22(32)26-6-3-17(4-7-26)25-21(30)31/h14-19,25,28H,1-13H2,(H,24,29)(H,30,31)/t14?,15?,16?,18-,19?,23?/m0/s1. The van der Waals surface area contributed by atoms with E-state index in [-0.39, 0.29) is 47.4 Å². The molecular formula is C23H36N4O5. The number of likely N-dealkylation sites (tertiary alicyclic amines) is 2. The summed E-state index contributed by atoms with van der Waals surface area (Å²) >= 11 is 0. The first-order valence-electron chi connectivity index (χ1n) is 12.4. The highest BCUT2D eigenvalue weighted by molar-refractivity contribution is 5.83. The summed E-state index contributed by atoms with van der Waals surface area (Å²) in [5.41, 5.74) is -0.318. The van der Waals surface area contributed by atoms with Crippen molar-refractivity contribution >= 4 is 18.0 Å². The number of amides is 4. The number of nitrogens with one attached hydrogen (secondary N) is 2. The minimum atomic E-state index is -1.02. The Morgan fingerprint density at radius 3 is 2.19 bits per heavy atom. The molecule has 4 bridgehead atoms. The van der Waals surface area contributed by atoms with Gasteiger partial charge in [0.2, 0.25) is 5.91 Å². The van der Waals surface area contributed by atoms with Crippen molar-refractivity contribution in [3.05, 3.63) is 0 Å². The van der Waals surface area contributed by atoms with Gasteiger partial charge in [0, 0.05) is 38.3 Å². The zero-order chi connectivity index (χ0) is 22.5. The molecule has 2 unspecified atom stereocenters. The second-order valence-corrected chi connectivity index (χ2v) is 11.0. The molecule has 9 heteroatoms. The Balaban J connectivity index is 1.15. The lowest BCUT2D eigenvalue weighted by Crippen LogP contribution is -2.61. The van der Waals surface area contributed by atoms with E-state index in [0.717, 1.165) is 44.9 Å². The van der Waals surface area contributed by atoms with Crippen LogP contribution in [-0.4, -0.2) is 82.4 Å². The van der Waals surface area contributed by atoms with Gasteiger partial charge in [-0.05, 0) is 75.5 Å². The predicted octanol–water partition coefficient (Wildman–Crippen LogP) is 1.61. The molecule has 0 aromatic carbocycles. The third-order valence-electron chi connectivity index (χ3n) is 8.83. The summed E-state index contributed by atoms with van der Waals surface area (Å²) in [7, 11) is 0. The van der Waals surface area contributed by atoms with E-state index in [4.69, 9.17) is 5.11 Å². The number of piperidine rings is 2. The highest BCUT2D eigenvalue weighted by Crippen LogP contribution is 2.60. The van der Waals surface area contributed by atoms with Gasteiger partial charge in [-0.25, -0.2) is 9.59 Å². The first-order chi connectivity index (χ1) is 15.3. The normalized spacial score (nSPS) is 39.1. The molecule has 32 heavy (non-hydrogen) atoms. The van der Waals surface area contributed by atoms with Crippen LogP contribution in [0.5, 0.6) is 0 Å². The molecule has 4 N–H and O–H groups in total. The Kier molecular flexibility index (Phi) is 5.72. The maximum absolute atomic E-state index is 13.4. The molecule has 6 aliphatic rings. The summed E-state index contributed by atoms with van der Waals surface area (Å²) in [6.45, 7) is 2.33. The molecule has 4 amide bonds. The Hall–Kier alpha value is -2.03. The van der Waals surface area contributed by atoms with Crippen molar-refractivity contribution in [2.45, 2.75) is 76.0 Å². The summed E-state index contributed by atoms with van der Waals surface area (Å²) in [5.74, 6) is 1.26. The Labute approximate surface area is 188 Å². The Morgan fingerprint density at radius 2 is 1.53 bits per heavy atom. The summed E-state index contributed by atoms with van der Waals surface area (Å²) < 4.78 is 0. The number of rotatable bonds is 3. The lowest BCUT2D eigenvalue weighted by Gasteiger charge is -2.58. The van der Waals surface area contributed by atoms with Gasteiger partial charge in [-0.1, -0.05) is 0 Å². The zero-order valence-electron chi connectivity index (χ0n) is 18.7. The fourth-order valence-electron chi connectivity index (χ4n) is 7.47. The highest BCUT2D eigenvalue weighted by Gasteiger charge is 2.58.